The molecule has 2 aromatic rings. The second kappa shape index (κ2) is 6.24. The number of carbonyl (C=O) groups excluding carboxylic acids is 1. The molecule has 2 aromatic carbocycles. The minimum Gasteiger partial charge on any atom is -0.294 e. The van der Waals surface area contributed by atoms with Gasteiger partial charge in [0, 0.05) is 0 Å². The molecule has 22 heavy (non-hydrogen) atoms. The molecule has 0 saturated carbocycles. The lowest BCUT2D eigenvalue weighted by atomic mass is 9.77. The average Bonchev–Trinajstić information content (AvgIpc) is 2.59. The zero-order chi connectivity index (χ0) is 15.4. The normalized spacial score (nSPS) is 19.6. The summed E-state index contributed by atoms with van der Waals surface area (Å²) in [5, 5.41) is 9.34. The highest BCUT2D eigenvalue weighted by Gasteiger charge is 2.30. The zero-order valence-electron chi connectivity index (χ0n) is 12.0. The summed E-state index contributed by atoms with van der Waals surface area (Å²) in [5.41, 5.74) is 2.92. The van der Waals surface area contributed by atoms with Crippen molar-refractivity contribution >= 4 is 17.9 Å². The van der Waals surface area contributed by atoms with Crippen LogP contribution in [0.3, 0.4) is 0 Å². The van der Waals surface area contributed by atoms with Crippen molar-refractivity contribution in [1.82, 2.24) is 0 Å². The second-order valence-electron chi connectivity index (χ2n) is 5.27. The van der Waals surface area contributed by atoms with Crippen LogP contribution >= 0.6 is 0 Å². The van der Waals surface area contributed by atoms with Crippen molar-refractivity contribution in [2.75, 3.05) is 0 Å². The van der Waals surface area contributed by atoms with Gasteiger partial charge in [0.2, 0.25) is 0 Å². The van der Waals surface area contributed by atoms with Crippen molar-refractivity contribution < 1.29 is 4.79 Å². The Morgan fingerprint density at radius 2 is 1.77 bits per heavy atom. The van der Waals surface area contributed by atoms with E-state index in [4.69, 9.17) is 0 Å². The first-order chi connectivity index (χ1) is 10.8. The van der Waals surface area contributed by atoms with Crippen LogP contribution in [0.25, 0.3) is 12.2 Å². The lowest BCUT2D eigenvalue weighted by Crippen LogP contribution is -2.21. The molecule has 0 bridgehead atoms. The summed E-state index contributed by atoms with van der Waals surface area (Å²) in [4.78, 5) is 12.6. The van der Waals surface area contributed by atoms with Crippen LogP contribution in [-0.2, 0) is 4.79 Å². The zero-order valence-corrected chi connectivity index (χ0v) is 12.0. The van der Waals surface area contributed by atoms with E-state index in [9.17, 15) is 10.1 Å². The van der Waals surface area contributed by atoms with Gasteiger partial charge in [-0.2, -0.15) is 5.26 Å². The van der Waals surface area contributed by atoms with E-state index in [2.05, 4.69) is 6.07 Å². The second-order valence-corrected chi connectivity index (χ2v) is 5.27. The maximum Gasteiger partial charge on any atom is 0.164 e. The van der Waals surface area contributed by atoms with Crippen molar-refractivity contribution in [3.05, 3.63) is 83.4 Å². The van der Waals surface area contributed by atoms with E-state index >= 15 is 0 Å². The number of fused-ring (bicyclic) bond motifs is 1. The van der Waals surface area contributed by atoms with Gasteiger partial charge in [-0.3, -0.25) is 4.79 Å². The van der Waals surface area contributed by atoms with Gasteiger partial charge in [-0.15, -0.1) is 0 Å². The molecule has 0 aromatic heterocycles. The van der Waals surface area contributed by atoms with E-state index in [1.807, 2.05) is 66.7 Å². The molecule has 3 rings (SSSR count). The third kappa shape index (κ3) is 2.75. The topological polar surface area (TPSA) is 40.9 Å². The predicted molar refractivity (Wildman–Crippen MR) is 87.8 cm³/mol. The van der Waals surface area contributed by atoms with Crippen LogP contribution in [0, 0.1) is 17.2 Å². The van der Waals surface area contributed by atoms with E-state index < -0.39 is 11.8 Å². The summed E-state index contributed by atoms with van der Waals surface area (Å²) in [5.74, 6) is -0.874. The molecule has 1 aliphatic carbocycles. The largest absolute Gasteiger partial charge is 0.294 e. The molecule has 1 aliphatic rings. The number of allylic oxidation sites excluding steroid dienone is 2. The number of rotatable bonds is 3. The Balaban J connectivity index is 1.92. The number of benzene rings is 2. The maximum atomic E-state index is 12.6. The Bertz CT molecular complexity index is 781. The van der Waals surface area contributed by atoms with E-state index in [0.29, 0.717) is 0 Å². The number of hydrogen-bond acceptors (Lipinski definition) is 2. The van der Waals surface area contributed by atoms with Gasteiger partial charge in [0.1, 0.15) is 0 Å². The van der Waals surface area contributed by atoms with Gasteiger partial charge in [0.15, 0.2) is 5.78 Å². The van der Waals surface area contributed by atoms with E-state index in [1.165, 1.54) is 0 Å². The van der Waals surface area contributed by atoms with Crippen LogP contribution in [-0.4, -0.2) is 5.78 Å². The van der Waals surface area contributed by atoms with Crippen molar-refractivity contribution in [2.24, 2.45) is 5.92 Å². The highest BCUT2D eigenvalue weighted by Crippen LogP contribution is 2.34. The molecule has 0 aliphatic heterocycles. The van der Waals surface area contributed by atoms with Gasteiger partial charge in [-0.1, -0.05) is 72.8 Å². The summed E-state index contributed by atoms with van der Waals surface area (Å²) in [6.07, 6.45) is 7.13. The molecule has 106 valence electrons. The first-order valence-corrected chi connectivity index (χ1v) is 7.23. The Morgan fingerprint density at radius 1 is 1.05 bits per heavy atom. The summed E-state index contributed by atoms with van der Waals surface area (Å²) < 4.78 is 0. The Hall–Kier alpha value is -2.92. The lowest BCUT2D eigenvalue weighted by molar-refractivity contribution is -0.116. The fourth-order valence-electron chi connectivity index (χ4n) is 2.75. The third-order valence-electron chi connectivity index (χ3n) is 3.87. The standard InChI is InChI=1S/C20H15NO/c21-14-17-12-11-16-8-4-5-9-18(16)20(17)19(22)13-10-15-6-2-1-3-7-15/h1-13,17,20H. The number of carbonyl (C=O) groups is 1. The van der Waals surface area contributed by atoms with Gasteiger partial charge < -0.3 is 0 Å². The smallest absolute Gasteiger partial charge is 0.164 e. The average molecular weight is 285 g/mol. The first kappa shape index (κ1) is 14.0. The van der Waals surface area contributed by atoms with Crippen LogP contribution in [0.2, 0.25) is 0 Å². The molecule has 0 N–H and O–H groups in total. The molecular weight excluding hydrogens is 270 g/mol. The van der Waals surface area contributed by atoms with Crippen LogP contribution in [0.5, 0.6) is 0 Å². The third-order valence-corrected chi connectivity index (χ3v) is 3.87. The molecule has 2 heteroatoms. The van der Waals surface area contributed by atoms with Gasteiger partial charge in [0.25, 0.3) is 0 Å². The number of nitriles is 1. The quantitative estimate of drug-likeness (QED) is 0.792. The highest BCUT2D eigenvalue weighted by molar-refractivity contribution is 6.00. The molecule has 0 amide bonds. The number of hydrogen-bond donors (Lipinski definition) is 0. The SMILES string of the molecule is N#CC1C=Cc2ccccc2C1C(=O)C=Cc1ccccc1. The monoisotopic (exact) mass is 285 g/mol. The minimum atomic E-state index is -0.425. The maximum absolute atomic E-state index is 12.6. The van der Waals surface area contributed by atoms with Crippen LogP contribution in [0.15, 0.2) is 66.7 Å². The number of nitrogens with zero attached hydrogens (tertiary/aromatic N) is 1. The van der Waals surface area contributed by atoms with Crippen molar-refractivity contribution in [3.8, 4) is 6.07 Å². The molecule has 2 nitrogen and oxygen atoms in total. The van der Waals surface area contributed by atoms with E-state index in [0.717, 1.165) is 16.7 Å². The highest BCUT2D eigenvalue weighted by atomic mass is 16.1. The number of ketones is 1. The molecular formula is C20H15NO. The van der Waals surface area contributed by atoms with Gasteiger partial charge in [0.05, 0.1) is 17.9 Å². The van der Waals surface area contributed by atoms with E-state index in [-0.39, 0.29) is 5.78 Å². The van der Waals surface area contributed by atoms with Crippen LogP contribution in [0.1, 0.15) is 22.6 Å². The molecule has 0 fully saturated rings. The summed E-state index contributed by atoms with van der Waals surface area (Å²) in [6.45, 7) is 0. The fraction of sp³-hybridized carbons (Fsp3) is 0.100. The molecule has 0 spiro atoms. The molecule has 0 saturated heterocycles. The molecule has 2 unspecified atom stereocenters. The van der Waals surface area contributed by atoms with Crippen molar-refractivity contribution in [3.63, 3.8) is 0 Å². The fourth-order valence-corrected chi connectivity index (χ4v) is 2.75. The Morgan fingerprint density at radius 3 is 2.55 bits per heavy atom. The van der Waals surface area contributed by atoms with Crippen LogP contribution in [0.4, 0.5) is 0 Å². The summed E-state index contributed by atoms with van der Waals surface area (Å²) in [7, 11) is 0. The summed E-state index contributed by atoms with van der Waals surface area (Å²) in [6, 6.07) is 19.7. The van der Waals surface area contributed by atoms with Gasteiger partial charge in [-0.25, -0.2) is 0 Å². The van der Waals surface area contributed by atoms with Crippen LogP contribution < -0.4 is 0 Å². The Labute approximate surface area is 130 Å². The van der Waals surface area contributed by atoms with Gasteiger partial charge >= 0.3 is 0 Å². The molecule has 0 radical (unpaired) electrons. The van der Waals surface area contributed by atoms with Crippen molar-refractivity contribution in [2.45, 2.75) is 5.92 Å². The molecule has 2 atom stereocenters. The molecule has 0 heterocycles. The summed E-state index contributed by atoms with van der Waals surface area (Å²) >= 11 is 0. The van der Waals surface area contributed by atoms with Crippen molar-refractivity contribution in [1.29, 1.82) is 5.26 Å². The lowest BCUT2D eigenvalue weighted by Gasteiger charge is -2.23. The van der Waals surface area contributed by atoms with E-state index in [1.54, 1.807) is 12.2 Å². The minimum absolute atomic E-state index is 0.0350. The van der Waals surface area contributed by atoms with Gasteiger partial charge in [-0.05, 0) is 22.8 Å². The predicted octanol–water partition coefficient (Wildman–Crippen LogP) is 4.22. The first-order valence-electron chi connectivity index (χ1n) is 7.23. The Kier molecular flexibility index (Phi) is 3.98.